The molecule has 1 aromatic rings. The fourth-order valence-corrected chi connectivity index (χ4v) is 2.63. The Morgan fingerprint density at radius 3 is 2.94 bits per heavy atom. The number of nitrogens with zero attached hydrogens (tertiary/aromatic N) is 1. The number of hydrogen-bond donors (Lipinski definition) is 1. The van der Waals surface area contributed by atoms with Crippen molar-refractivity contribution < 1.29 is 0 Å². The van der Waals surface area contributed by atoms with Gasteiger partial charge in [0.25, 0.3) is 0 Å². The van der Waals surface area contributed by atoms with Crippen molar-refractivity contribution in [3.05, 3.63) is 35.4 Å². The van der Waals surface area contributed by atoms with Gasteiger partial charge in [0.15, 0.2) is 0 Å². The maximum absolute atomic E-state index is 8.96. The molecule has 0 radical (unpaired) electrons. The number of aryl methyl sites for hydroxylation is 1. The fourth-order valence-electron chi connectivity index (χ4n) is 2.63. The van der Waals surface area contributed by atoms with Gasteiger partial charge in [-0.3, -0.25) is 0 Å². The molecule has 0 amide bonds. The Bertz CT molecular complexity index is 443. The van der Waals surface area contributed by atoms with Crippen molar-refractivity contribution in [1.29, 1.82) is 5.26 Å². The van der Waals surface area contributed by atoms with Crippen LogP contribution in [0.4, 0.5) is 0 Å². The van der Waals surface area contributed by atoms with E-state index < -0.39 is 0 Å². The Balaban J connectivity index is 1.78. The van der Waals surface area contributed by atoms with Gasteiger partial charge in [-0.15, -0.1) is 0 Å². The molecule has 0 aromatic heterocycles. The predicted octanol–water partition coefficient (Wildman–Crippen LogP) is 3.59. The summed E-state index contributed by atoms with van der Waals surface area (Å²) in [7, 11) is 0. The molecule has 2 nitrogen and oxygen atoms in total. The normalized spacial score (nSPS) is 18.4. The summed E-state index contributed by atoms with van der Waals surface area (Å²) in [4.78, 5) is 0. The van der Waals surface area contributed by atoms with Crippen LogP contribution in [0.2, 0.25) is 0 Å². The van der Waals surface area contributed by atoms with Gasteiger partial charge >= 0.3 is 0 Å². The number of nitrogens with one attached hydrogen (secondary N) is 1. The second-order valence-electron chi connectivity index (χ2n) is 5.84. The Hall–Kier alpha value is -1.33. The van der Waals surface area contributed by atoms with Crippen LogP contribution >= 0.6 is 0 Å². The van der Waals surface area contributed by atoms with Crippen molar-refractivity contribution in [2.45, 2.75) is 45.6 Å². The lowest BCUT2D eigenvalue weighted by atomic mass is 9.90. The first-order valence-corrected chi connectivity index (χ1v) is 6.85. The van der Waals surface area contributed by atoms with Crippen molar-refractivity contribution in [2.24, 2.45) is 5.41 Å². The number of hydrogen-bond acceptors (Lipinski definition) is 2. The smallest absolute Gasteiger partial charge is 0.0683 e. The Morgan fingerprint density at radius 1 is 1.39 bits per heavy atom. The van der Waals surface area contributed by atoms with Crippen molar-refractivity contribution in [2.75, 3.05) is 6.54 Å². The second kappa shape index (κ2) is 5.54. The average Bonchev–Trinajstić information content (AvgIpc) is 2.78. The number of benzene rings is 1. The predicted molar refractivity (Wildman–Crippen MR) is 74.1 cm³/mol. The first kappa shape index (κ1) is 13.1. The minimum Gasteiger partial charge on any atom is -0.310 e. The highest BCUT2D eigenvalue weighted by Gasteiger charge is 2.21. The first-order chi connectivity index (χ1) is 8.62. The molecule has 0 fully saturated rings. The largest absolute Gasteiger partial charge is 0.310 e. The van der Waals surface area contributed by atoms with Crippen molar-refractivity contribution in [3.8, 4) is 6.07 Å². The third kappa shape index (κ3) is 3.11. The van der Waals surface area contributed by atoms with Crippen molar-refractivity contribution >= 4 is 0 Å². The van der Waals surface area contributed by atoms with Crippen LogP contribution in [-0.2, 0) is 6.42 Å². The molecule has 0 bridgehead atoms. The molecule has 1 aliphatic rings. The molecule has 0 spiro atoms. The zero-order chi connectivity index (χ0) is 13.0. The molecule has 2 rings (SSSR count). The van der Waals surface area contributed by atoms with Gasteiger partial charge in [0.2, 0.25) is 0 Å². The van der Waals surface area contributed by atoms with E-state index in [4.69, 9.17) is 5.26 Å². The standard InChI is InChI=1S/C16H22N2/c1-16(2,12-17)10-5-11-18-15-9-8-13-6-3-4-7-14(13)15/h3-4,6-7,15,18H,5,8-11H2,1-2H3. The molecule has 0 aliphatic heterocycles. The van der Waals surface area contributed by atoms with Gasteiger partial charge < -0.3 is 5.32 Å². The van der Waals surface area contributed by atoms with E-state index in [1.54, 1.807) is 0 Å². The summed E-state index contributed by atoms with van der Waals surface area (Å²) in [5, 5.41) is 12.6. The van der Waals surface area contributed by atoms with Crippen LogP contribution in [-0.4, -0.2) is 6.54 Å². The van der Waals surface area contributed by atoms with Gasteiger partial charge in [-0.25, -0.2) is 0 Å². The van der Waals surface area contributed by atoms with Gasteiger partial charge in [-0.1, -0.05) is 24.3 Å². The van der Waals surface area contributed by atoms with Crippen LogP contribution in [0.25, 0.3) is 0 Å². The number of fused-ring (bicyclic) bond motifs is 1. The lowest BCUT2D eigenvalue weighted by Crippen LogP contribution is -2.22. The maximum Gasteiger partial charge on any atom is 0.0683 e. The lowest BCUT2D eigenvalue weighted by Gasteiger charge is -2.17. The molecule has 96 valence electrons. The van der Waals surface area contributed by atoms with Crippen LogP contribution in [0.5, 0.6) is 0 Å². The molecule has 1 aromatic carbocycles. The quantitative estimate of drug-likeness (QED) is 0.801. The van der Waals surface area contributed by atoms with E-state index in [1.165, 1.54) is 24.0 Å². The highest BCUT2D eigenvalue weighted by atomic mass is 14.9. The topological polar surface area (TPSA) is 35.8 Å². The summed E-state index contributed by atoms with van der Waals surface area (Å²) < 4.78 is 0. The third-order valence-corrected chi connectivity index (χ3v) is 3.80. The summed E-state index contributed by atoms with van der Waals surface area (Å²) in [5.74, 6) is 0. The lowest BCUT2D eigenvalue weighted by molar-refractivity contribution is 0.412. The molecule has 1 unspecified atom stereocenters. The van der Waals surface area contributed by atoms with Crippen molar-refractivity contribution in [3.63, 3.8) is 0 Å². The monoisotopic (exact) mass is 242 g/mol. The summed E-state index contributed by atoms with van der Waals surface area (Å²) in [6.07, 6.45) is 4.43. The Kier molecular flexibility index (Phi) is 4.04. The van der Waals surface area contributed by atoms with Gasteiger partial charge in [0, 0.05) is 6.04 Å². The Labute approximate surface area is 110 Å². The highest BCUT2D eigenvalue weighted by Crippen LogP contribution is 2.30. The second-order valence-corrected chi connectivity index (χ2v) is 5.84. The summed E-state index contributed by atoms with van der Waals surface area (Å²) in [6.45, 7) is 5.03. The van der Waals surface area contributed by atoms with Gasteiger partial charge in [-0.2, -0.15) is 5.26 Å². The molecule has 1 atom stereocenters. The van der Waals surface area contributed by atoms with E-state index in [0.717, 1.165) is 19.4 Å². The third-order valence-electron chi connectivity index (χ3n) is 3.80. The zero-order valence-corrected chi connectivity index (χ0v) is 11.4. The van der Waals surface area contributed by atoms with Crippen LogP contribution in [0.3, 0.4) is 0 Å². The van der Waals surface area contributed by atoms with E-state index in [0.29, 0.717) is 6.04 Å². The average molecular weight is 242 g/mol. The van der Waals surface area contributed by atoms with E-state index in [9.17, 15) is 0 Å². The Morgan fingerprint density at radius 2 is 2.17 bits per heavy atom. The fraction of sp³-hybridized carbons (Fsp3) is 0.562. The summed E-state index contributed by atoms with van der Waals surface area (Å²) >= 11 is 0. The van der Waals surface area contributed by atoms with Crippen LogP contribution in [0.15, 0.2) is 24.3 Å². The van der Waals surface area contributed by atoms with E-state index in [-0.39, 0.29) is 5.41 Å². The first-order valence-electron chi connectivity index (χ1n) is 6.85. The number of rotatable bonds is 5. The summed E-state index contributed by atoms with van der Waals surface area (Å²) in [5.41, 5.74) is 2.78. The molecule has 0 saturated carbocycles. The highest BCUT2D eigenvalue weighted by molar-refractivity contribution is 5.34. The van der Waals surface area contributed by atoms with Gasteiger partial charge in [-0.05, 0) is 57.2 Å². The van der Waals surface area contributed by atoms with Crippen LogP contribution < -0.4 is 5.32 Å². The molecule has 0 heterocycles. The summed E-state index contributed by atoms with van der Waals surface area (Å²) in [6, 6.07) is 11.6. The maximum atomic E-state index is 8.96. The molecular weight excluding hydrogens is 220 g/mol. The molecule has 1 aliphatic carbocycles. The van der Waals surface area contributed by atoms with E-state index in [2.05, 4.69) is 35.7 Å². The minimum absolute atomic E-state index is 0.185. The molecular formula is C16H22N2. The molecule has 0 saturated heterocycles. The SMILES string of the molecule is CC(C)(C#N)CCCNC1CCc2ccccc21. The molecule has 18 heavy (non-hydrogen) atoms. The molecule has 1 N–H and O–H groups in total. The van der Waals surface area contributed by atoms with Gasteiger partial charge in [0.05, 0.1) is 11.5 Å². The number of nitriles is 1. The van der Waals surface area contributed by atoms with E-state index in [1.807, 2.05) is 13.8 Å². The zero-order valence-electron chi connectivity index (χ0n) is 11.4. The van der Waals surface area contributed by atoms with Gasteiger partial charge in [0.1, 0.15) is 0 Å². The van der Waals surface area contributed by atoms with E-state index >= 15 is 0 Å². The van der Waals surface area contributed by atoms with Crippen molar-refractivity contribution in [1.82, 2.24) is 5.32 Å². The van der Waals surface area contributed by atoms with Crippen LogP contribution in [0.1, 0.15) is 50.3 Å². The minimum atomic E-state index is -0.185. The molecule has 2 heteroatoms. The van der Waals surface area contributed by atoms with Crippen LogP contribution in [0, 0.1) is 16.7 Å².